The molecule has 1 aliphatic carbocycles. The molecule has 1 aliphatic rings. The monoisotopic (exact) mass is 251 g/mol. The topological polar surface area (TPSA) is 89.8 Å². The minimum absolute atomic E-state index is 0.0805. The van der Waals surface area contributed by atoms with Gasteiger partial charge in [-0.2, -0.15) is 0 Å². The first-order valence-electron chi connectivity index (χ1n) is 6.02. The number of nitrogens with one attached hydrogen (secondary N) is 1. The molecule has 1 aromatic rings. The van der Waals surface area contributed by atoms with Crippen LogP contribution in [0.2, 0.25) is 0 Å². The Morgan fingerprint density at radius 2 is 1.89 bits per heavy atom. The molecule has 2 rings (SSSR count). The number of aliphatic hydroxyl groups excluding tert-OH is 1. The summed E-state index contributed by atoms with van der Waals surface area (Å²) in [6.07, 6.45) is 3.50. The van der Waals surface area contributed by atoms with Crippen molar-refractivity contribution in [3.8, 4) is 11.5 Å². The van der Waals surface area contributed by atoms with Crippen molar-refractivity contribution in [3.63, 3.8) is 0 Å². The summed E-state index contributed by atoms with van der Waals surface area (Å²) in [5.41, 5.74) is -0.269. The molecule has 18 heavy (non-hydrogen) atoms. The molecule has 5 nitrogen and oxygen atoms in total. The quantitative estimate of drug-likeness (QED) is 0.606. The summed E-state index contributed by atoms with van der Waals surface area (Å²) in [7, 11) is 0. The molecular formula is C13H17NO4. The van der Waals surface area contributed by atoms with Crippen LogP contribution in [0.5, 0.6) is 11.5 Å². The van der Waals surface area contributed by atoms with Crippen LogP contribution in [0.3, 0.4) is 0 Å². The van der Waals surface area contributed by atoms with Gasteiger partial charge in [0.15, 0.2) is 11.5 Å². The van der Waals surface area contributed by atoms with E-state index in [9.17, 15) is 20.1 Å². The highest BCUT2D eigenvalue weighted by atomic mass is 16.3. The standard InChI is InChI=1S/C13H17NO4/c15-8-13(5-1-2-6-13)14-12(18)9-3-4-10(16)11(17)7-9/h3-4,7,15-17H,1-2,5-6,8H2,(H,14,18). The van der Waals surface area contributed by atoms with Gasteiger partial charge >= 0.3 is 0 Å². The van der Waals surface area contributed by atoms with Gasteiger partial charge < -0.3 is 20.6 Å². The largest absolute Gasteiger partial charge is 0.504 e. The normalized spacial score (nSPS) is 17.6. The van der Waals surface area contributed by atoms with Crippen LogP contribution in [-0.2, 0) is 0 Å². The van der Waals surface area contributed by atoms with Crippen LogP contribution in [0.15, 0.2) is 18.2 Å². The molecule has 1 amide bonds. The van der Waals surface area contributed by atoms with Gasteiger partial charge in [0.2, 0.25) is 0 Å². The van der Waals surface area contributed by atoms with Crippen LogP contribution in [0, 0.1) is 0 Å². The first-order valence-corrected chi connectivity index (χ1v) is 6.02. The van der Waals surface area contributed by atoms with Gasteiger partial charge in [-0.1, -0.05) is 12.8 Å². The number of aromatic hydroxyl groups is 2. The third kappa shape index (κ3) is 2.41. The number of rotatable bonds is 3. The van der Waals surface area contributed by atoms with Gasteiger partial charge in [0.1, 0.15) is 0 Å². The van der Waals surface area contributed by atoms with Crippen LogP contribution in [0.25, 0.3) is 0 Å². The number of amides is 1. The molecule has 1 aromatic carbocycles. The Bertz CT molecular complexity index is 452. The number of benzene rings is 1. The van der Waals surface area contributed by atoms with E-state index < -0.39 is 5.54 Å². The molecule has 0 radical (unpaired) electrons. The molecule has 5 heteroatoms. The highest BCUT2D eigenvalue weighted by Gasteiger charge is 2.34. The van der Waals surface area contributed by atoms with Crippen molar-refractivity contribution < 1.29 is 20.1 Å². The number of carbonyl (C=O) groups excluding carboxylic acids is 1. The third-order valence-electron chi connectivity index (χ3n) is 3.48. The third-order valence-corrected chi connectivity index (χ3v) is 3.48. The van der Waals surface area contributed by atoms with E-state index in [1.165, 1.54) is 18.2 Å². The fourth-order valence-electron chi connectivity index (χ4n) is 2.35. The minimum Gasteiger partial charge on any atom is -0.504 e. The summed E-state index contributed by atoms with van der Waals surface area (Å²) >= 11 is 0. The molecule has 0 aromatic heterocycles. The summed E-state index contributed by atoms with van der Waals surface area (Å²) in [6.45, 7) is -0.0805. The Kier molecular flexibility index (Phi) is 3.43. The van der Waals surface area contributed by atoms with E-state index in [4.69, 9.17) is 0 Å². The molecule has 98 valence electrons. The molecule has 0 heterocycles. The van der Waals surface area contributed by atoms with Crippen LogP contribution >= 0.6 is 0 Å². The van der Waals surface area contributed by atoms with Crippen molar-refractivity contribution >= 4 is 5.91 Å². The zero-order valence-electron chi connectivity index (χ0n) is 10.0. The summed E-state index contributed by atoms with van der Waals surface area (Å²) < 4.78 is 0. The average Bonchev–Trinajstić information content (AvgIpc) is 2.82. The van der Waals surface area contributed by atoms with Crippen LogP contribution < -0.4 is 5.32 Å². The SMILES string of the molecule is O=C(NC1(CO)CCCC1)c1ccc(O)c(O)c1. The molecule has 0 saturated heterocycles. The molecule has 4 N–H and O–H groups in total. The van der Waals surface area contributed by atoms with Crippen molar-refractivity contribution in [2.75, 3.05) is 6.61 Å². The lowest BCUT2D eigenvalue weighted by Gasteiger charge is -2.28. The highest BCUT2D eigenvalue weighted by Crippen LogP contribution is 2.30. The van der Waals surface area contributed by atoms with E-state index in [0.717, 1.165) is 25.7 Å². The highest BCUT2D eigenvalue weighted by molar-refractivity contribution is 5.95. The zero-order valence-corrected chi connectivity index (χ0v) is 10.0. The number of hydrogen-bond donors (Lipinski definition) is 4. The lowest BCUT2D eigenvalue weighted by atomic mass is 9.98. The van der Waals surface area contributed by atoms with Crippen molar-refractivity contribution in [2.24, 2.45) is 0 Å². The van der Waals surface area contributed by atoms with E-state index >= 15 is 0 Å². The summed E-state index contributed by atoms with van der Waals surface area (Å²) in [6, 6.07) is 3.92. The van der Waals surface area contributed by atoms with Gasteiger partial charge in [-0.3, -0.25) is 4.79 Å². The van der Waals surface area contributed by atoms with Crippen LogP contribution in [0.4, 0.5) is 0 Å². The van der Waals surface area contributed by atoms with Gasteiger partial charge in [0.05, 0.1) is 12.1 Å². The predicted octanol–water partition coefficient (Wildman–Crippen LogP) is 1.13. The second-order valence-electron chi connectivity index (χ2n) is 4.80. The molecular weight excluding hydrogens is 234 g/mol. The minimum atomic E-state index is -0.537. The first kappa shape index (κ1) is 12.7. The van der Waals surface area contributed by atoms with Crippen molar-refractivity contribution in [1.29, 1.82) is 0 Å². The number of carbonyl (C=O) groups is 1. The maximum Gasteiger partial charge on any atom is 0.251 e. The van der Waals surface area contributed by atoms with Gasteiger partial charge in [-0.15, -0.1) is 0 Å². The Balaban J connectivity index is 2.13. The van der Waals surface area contributed by atoms with E-state index in [1.807, 2.05) is 0 Å². The van der Waals surface area contributed by atoms with Gasteiger partial charge in [-0.05, 0) is 31.0 Å². The van der Waals surface area contributed by atoms with Gasteiger partial charge in [0, 0.05) is 5.56 Å². The van der Waals surface area contributed by atoms with Gasteiger partial charge in [-0.25, -0.2) is 0 Å². The maximum atomic E-state index is 12.0. The van der Waals surface area contributed by atoms with E-state index in [1.54, 1.807) is 0 Å². The Labute approximate surface area is 105 Å². The smallest absolute Gasteiger partial charge is 0.251 e. The number of phenols is 2. The lowest BCUT2D eigenvalue weighted by molar-refractivity contribution is 0.0838. The number of hydrogen-bond acceptors (Lipinski definition) is 4. The fourth-order valence-corrected chi connectivity index (χ4v) is 2.35. The Morgan fingerprint density at radius 1 is 1.22 bits per heavy atom. The Hall–Kier alpha value is -1.75. The second-order valence-corrected chi connectivity index (χ2v) is 4.80. The predicted molar refractivity (Wildman–Crippen MR) is 65.5 cm³/mol. The lowest BCUT2D eigenvalue weighted by Crippen LogP contribution is -2.49. The zero-order chi connectivity index (χ0) is 13.2. The van der Waals surface area contributed by atoms with Crippen molar-refractivity contribution in [1.82, 2.24) is 5.32 Å². The number of aliphatic hydroxyl groups is 1. The van der Waals surface area contributed by atoms with Crippen molar-refractivity contribution in [3.05, 3.63) is 23.8 Å². The summed E-state index contributed by atoms with van der Waals surface area (Å²) in [5.74, 6) is -0.933. The molecule has 0 bridgehead atoms. The van der Waals surface area contributed by atoms with E-state index in [-0.39, 0.29) is 29.6 Å². The molecule has 1 fully saturated rings. The summed E-state index contributed by atoms with van der Waals surface area (Å²) in [5, 5.41) is 30.8. The second kappa shape index (κ2) is 4.86. The van der Waals surface area contributed by atoms with Crippen LogP contribution in [0.1, 0.15) is 36.0 Å². The van der Waals surface area contributed by atoms with Crippen molar-refractivity contribution in [2.45, 2.75) is 31.2 Å². The molecule has 0 unspecified atom stereocenters. The molecule has 0 aliphatic heterocycles. The average molecular weight is 251 g/mol. The van der Waals surface area contributed by atoms with E-state index in [0.29, 0.717) is 0 Å². The first-order chi connectivity index (χ1) is 8.56. The van der Waals surface area contributed by atoms with E-state index in [2.05, 4.69) is 5.32 Å². The molecule has 0 atom stereocenters. The fraction of sp³-hybridized carbons (Fsp3) is 0.462. The van der Waals surface area contributed by atoms with Crippen LogP contribution in [-0.4, -0.2) is 33.4 Å². The Morgan fingerprint density at radius 3 is 2.44 bits per heavy atom. The maximum absolute atomic E-state index is 12.0. The number of phenolic OH excluding ortho intramolecular Hbond substituents is 2. The summed E-state index contributed by atoms with van der Waals surface area (Å²) in [4.78, 5) is 12.0. The van der Waals surface area contributed by atoms with Gasteiger partial charge in [0.25, 0.3) is 5.91 Å². The molecule has 0 spiro atoms. The molecule has 1 saturated carbocycles.